The summed E-state index contributed by atoms with van der Waals surface area (Å²) in [5.41, 5.74) is 5.42. The van der Waals surface area contributed by atoms with Crippen molar-refractivity contribution >= 4 is 22.0 Å². The molecule has 4 bridgehead atoms. The Morgan fingerprint density at radius 3 is 2.27 bits per heavy atom. The van der Waals surface area contributed by atoms with Crippen molar-refractivity contribution < 1.29 is 14.2 Å². The van der Waals surface area contributed by atoms with E-state index < -0.39 is 0 Å². The van der Waals surface area contributed by atoms with Crippen molar-refractivity contribution in [1.82, 2.24) is 0 Å². The predicted octanol–water partition coefficient (Wildman–Crippen LogP) is 6.09. The number of unbranched alkanes of at least 4 members (excludes halogenated alkanes) is 1. The normalized spacial score (nSPS) is 27.7. The maximum atomic E-state index is 6.45. The molecule has 4 saturated carbocycles. The van der Waals surface area contributed by atoms with Crippen LogP contribution in [0.25, 0.3) is 11.1 Å². The monoisotopic (exact) mass is 440 g/mol. The van der Waals surface area contributed by atoms with Crippen LogP contribution in [-0.4, -0.2) is 38.2 Å². The number of hydrogen-bond acceptors (Lipinski definition) is 3. The van der Waals surface area contributed by atoms with E-state index in [1.54, 1.807) is 7.11 Å². The van der Waals surface area contributed by atoms with Crippen molar-refractivity contribution in [1.29, 1.82) is 0 Å². The second-order valence-electron chi connectivity index (χ2n) is 11.1. The number of rotatable bonds is 9. The van der Waals surface area contributed by atoms with Gasteiger partial charge < -0.3 is 0 Å². The number of ether oxygens (including phenoxy) is 3. The van der Waals surface area contributed by atoms with Gasteiger partial charge in [0.05, 0.1) is 0 Å². The summed E-state index contributed by atoms with van der Waals surface area (Å²) in [6.45, 7) is 5.48. The summed E-state index contributed by atoms with van der Waals surface area (Å²) in [6.07, 6.45) is 10.5. The first-order chi connectivity index (χ1) is 16.0. The quantitative estimate of drug-likeness (QED) is 0.268. The van der Waals surface area contributed by atoms with E-state index in [4.69, 9.17) is 14.2 Å². The number of hydrogen-bond donors (Lipinski definition) is 0. The van der Waals surface area contributed by atoms with Gasteiger partial charge in [-0.1, -0.05) is 0 Å². The molecule has 0 heterocycles. The van der Waals surface area contributed by atoms with E-state index in [9.17, 15) is 0 Å². The van der Waals surface area contributed by atoms with Crippen LogP contribution < -0.4 is 13.7 Å². The summed E-state index contributed by atoms with van der Waals surface area (Å²) in [6, 6.07) is 11.2. The summed E-state index contributed by atoms with van der Waals surface area (Å²) in [5, 5.41) is 0. The van der Waals surface area contributed by atoms with Gasteiger partial charge in [-0.15, -0.1) is 0 Å². The van der Waals surface area contributed by atoms with Gasteiger partial charge in [0.2, 0.25) is 0 Å². The van der Waals surface area contributed by atoms with Gasteiger partial charge in [-0.2, -0.15) is 0 Å². The molecule has 33 heavy (non-hydrogen) atoms. The van der Waals surface area contributed by atoms with Gasteiger partial charge in [0, 0.05) is 0 Å². The minimum absolute atomic E-state index is 0.266. The van der Waals surface area contributed by atoms with Crippen LogP contribution in [0.5, 0.6) is 11.5 Å². The first-order valence-electron chi connectivity index (χ1n) is 13.0. The molecule has 6 rings (SSSR count). The van der Waals surface area contributed by atoms with Crippen LogP contribution >= 0.6 is 0 Å². The van der Waals surface area contributed by atoms with Crippen molar-refractivity contribution in [3.05, 3.63) is 41.5 Å². The topological polar surface area (TPSA) is 27.7 Å². The summed E-state index contributed by atoms with van der Waals surface area (Å²) in [5.74, 6) is 4.67. The molecule has 0 saturated heterocycles. The number of benzene rings is 2. The SMILES string of the molecule is [Li][c]1ccc(OCCCC)cc1-c1cc(C)cc(C23CC4CC(CC(C4)C2)C3)c1OCOC. The first kappa shape index (κ1) is 23.3. The Morgan fingerprint density at radius 2 is 1.64 bits per heavy atom. The fraction of sp³-hybridized carbons (Fsp3) is 0.586. The third-order valence-electron chi connectivity index (χ3n) is 8.43. The van der Waals surface area contributed by atoms with Crippen LogP contribution in [0.4, 0.5) is 0 Å². The summed E-state index contributed by atoms with van der Waals surface area (Å²) in [7, 11) is 1.71. The molecule has 3 nitrogen and oxygen atoms in total. The molecule has 4 fully saturated rings. The molecule has 0 aliphatic heterocycles. The third kappa shape index (κ3) is 4.62. The second kappa shape index (κ2) is 9.69. The standard InChI is InChI=1S/C29H37O3.Li/c1-4-5-9-31-25-8-6-7-24(15-25)26-10-20(2)11-27(28(26)32-19-30-3)29-16-21-12-22(17-29)14-23(13-21)18-29;/h6,8,10-11,15,21-23H,4-5,9,12-14,16-19H2,1-3H3;. The summed E-state index contributed by atoms with van der Waals surface area (Å²) < 4.78 is 19.2. The van der Waals surface area contributed by atoms with Gasteiger partial charge in [-0.25, -0.2) is 0 Å². The molecule has 0 unspecified atom stereocenters. The summed E-state index contributed by atoms with van der Waals surface area (Å²) >= 11 is 2.19. The Bertz CT molecular complexity index is 963. The van der Waals surface area contributed by atoms with Crippen molar-refractivity contribution in [2.75, 3.05) is 20.5 Å². The molecule has 0 amide bonds. The minimum atomic E-state index is 0.266. The molecular weight excluding hydrogens is 403 g/mol. The molecule has 0 radical (unpaired) electrons. The number of methoxy groups -OCH3 is 1. The Morgan fingerprint density at radius 1 is 0.939 bits per heavy atom. The molecular formula is C29H37LiO3. The van der Waals surface area contributed by atoms with Gasteiger partial charge in [0.25, 0.3) is 0 Å². The van der Waals surface area contributed by atoms with E-state index in [0.29, 0.717) is 0 Å². The molecule has 4 aliphatic rings. The summed E-state index contributed by atoms with van der Waals surface area (Å²) in [4.78, 5) is 0. The zero-order valence-electron chi connectivity index (χ0n) is 20.9. The van der Waals surface area contributed by atoms with Crippen LogP contribution in [0.2, 0.25) is 0 Å². The van der Waals surface area contributed by atoms with Gasteiger partial charge in [-0.3, -0.25) is 0 Å². The van der Waals surface area contributed by atoms with Crippen LogP contribution in [0.15, 0.2) is 30.3 Å². The van der Waals surface area contributed by atoms with Crippen LogP contribution in [0, 0.1) is 24.7 Å². The predicted molar refractivity (Wildman–Crippen MR) is 135 cm³/mol. The van der Waals surface area contributed by atoms with Crippen LogP contribution in [-0.2, 0) is 10.2 Å². The van der Waals surface area contributed by atoms with E-state index in [-0.39, 0.29) is 12.2 Å². The molecule has 0 spiro atoms. The van der Waals surface area contributed by atoms with Gasteiger partial charge in [-0.05, 0) is 0 Å². The zero-order valence-corrected chi connectivity index (χ0v) is 20.9. The Hall–Kier alpha value is -1.40. The number of aryl methyl sites for hydroxylation is 1. The average molecular weight is 441 g/mol. The fourth-order valence-electron chi connectivity index (χ4n) is 7.40. The third-order valence-corrected chi connectivity index (χ3v) is 8.43. The van der Waals surface area contributed by atoms with Gasteiger partial charge >= 0.3 is 209 Å². The van der Waals surface area contributed by atoms with Crippen molar-refractivity contribution in [3.8, 4) is 22.6 Å². The van der Waals surface area contributed by atoms with Gasteiger partial charge in [0.15, 0.2) is 0 Å². The van der Waals surface area contributed by atoms with Crippen LogP contribution in [0.1, 0.15) is 69.4 Å². The molecule has 4 aliphatic carbocycles. The Labute approximate surface area is 208 Å². The van der Waals surface area contributed by atoms with E-state index in [0.717, 1.165) is 48.7 Å². The van der Waals surface area contributed by atoms with Gasteiger partial charge in [0.1, 0.15) is 0 Å². The van der Waals surface area contributed by atoms with E-state index >= 15 is 0 Å². The molecule has 172 valence electrons. The molecule has 2 aromatic rings. The van der Waals surface area contributed by atoms with Crippen molar-refractivity contribution in [3.63, 3.8) is 0 Å². The van der Waals surface area contributed by atoms with Crippen LogP contribution in [0.3, 0.4) is 0 Å². The van der Waals surface area contributed by atoms with Crippen molar-refractivity contribution in [2.24, 2.45) is 17.8 Å². The second-order valence-corrected chi connectivity index (χ2v) is 11.1. The maximum absolute atomic E-state index is 6.45. The zero-order chi connectivity index (χ0) is 23.0. The molecule has 0 aromatic heterocycles. The molecule has 4 heteroatoms. The molecule has 2 aromatic carbocycles. The van der Waals surface area contributed by atoms with Crippen molar-refractivity contribution in [2.45, 2.75) is 70.6 Å². The molecule has 0 N–H and O–H groups in total. The Kier molecular flexibility index (Phi) is 6.85. The molecule has 0 atom stereocenters. The average Bonchev–Trinajstić information content (AvgIpc) is 2.78. The first-order valence-corrected chi connectivity index (χ1v) is 13.0. The van der Waals surface area contributed by atoms with E-state index in [1.165, 1.54) is 65.0 Å². The van der Waals surface area contributed by atoms with E-state index in [1.807, 2.05) is 0 Å². The Balaban J connectivity index is 1.61. The fourth-order valence-corrected chi connectivity index (χ4v) is 7.40. The van der Waals surface area contributed by atoms with E-state index in [2.05, 4.69) is 61.9 Å².